The summed E-state index contributed by atoms with van der Waals surface area (Å²) in [7, 11) is 3.15. The minimum Gasteiger partial charge on any atom is -0.457 e. The van der Waals surface area contributed by atoms with Crippen molar-refractivity contribution in [3.05, 3.63) is 70.7 Å². The van der Waals surface area contributed by atoms with Crippen LogP contribution in [0.25, 0.3) is 0 Å². The van der Waals surface area contributed by atoms with Gasteiger partial charge in [0.2, 0.25) is 0 Å². The zero-order chi connectivity index (χ0) is 26.0. The Hall–Kier alpha value is -4.21. The van der Waals surface area contributed by atoms with Crippen molar-refractivity contribution < 1.29 is 23.5 Å². The maximum atomic E-state index is 14.5. The molecular weight excluding hydrogens is 465 g/mol. The van der Waals surface area contributed by atoms with Crippen molar-refractivity contribution in [2.24, 2.45) is 13.0 Å². The molecule has 36 heavy (non-hydrogen) atoms. The van der Waals surface area contributed by atoms with Gasteiger partial charge < -0.3 is 20.3 Å². The van der Waals surface area contributed by atoms with E-state index >= 15 is 0 Å². The molecule has 0 radical (unpaired) electrons. The first-order chi connectivity index (χ1) is 17.2. The molecule has 4 rings (SSSR count). The number of anilines is 1. The van der Waals surface area contributed by atoms with Crippen LogP contribution in [0.1, 0.15) is 50.5 Å². The number of amides is 3. The molecule has 0 atom stereocenters. The van der Waals surface area contributed by atoms with E-state index in [0.717, 1.165) is 6.07 Å². The van der Waals surface area contributed by atoms with Crippen molar-refractivity contribution in [2.75, 3.05) is 25.5 Å². The van der Waals surface area contributed by atoms with Crippen molar-refractivity contribution in [1.82, 2.24) is 20.0 Å². The van der Waals surface area contributed by atoms with E-state index in [9.17, 15) is 18.8 Å². The number of ether oxygens (including phenoxy) is 1. The molecule has 3 amide bonds. The van der Waals surface area contributed by atoms with E-state index < -0.39 is 17.6 Å². The van der Waals surface area contributed by atoms with Gasteiger partial charge in [-0.3, -0.25) is 19.1 Å². The Morgan fingerprint density at radius 2 is 1.94 bits per heavy atom. The van der Waals surface area contributed by atoms with Crippen LogP contribution in [0.5, 0.6) is 11.5 Å². The summed E-state index contributed by atoms with van der Waals surface area (Å²) in [4.78, 5) is 39.9. The molecule has 3 aromatic rings. The van der Waals surface area contributed by atoms with Crippen LogP contribution in [0.2, 0.25) is 0 Å². The summed E-state index contributed by atoms with van der Waals surface area (Å²) in [6.45, 7) is 5.16. The molecule has 9 nitrogen and oxygen atoms in total. The largest absolute Gasteiger partial charge is 0.457 e. The fourth-order valence-electron chi connectivity index (χ4n) is 4.13. The first kappa shape index (κ1) is 24.9. The van der Waals surface area contributed by atoms with Crippen LogP contribution in [-0.2, 0) is 13.5 Å². The Morgan fingerprint density at radius 3 is 2.58 bits per heavy atom. The summed E-state index contributed by atoms with van der Waals surface area (Å²) in [5.41, 5.74) is 1.10. The summed E-state index contributed by atoms with van der Waals surface area (Å²) in [5, 5.41) is 9.25. The number of benzene rings is 2. The highest BCUT2D eigenvalue weighted by atomic mass is 19.1. The molecule has 2 heterocycles. The molecule has 0 unspecified atom stereocenters. The average Bonchev–Trinajstić information content (AvgIpc) is 3.24. The predicted octanol–water partition coefficient (Wildman–Crippen LogP) is 3.62. The summed E-state index contributed by atoms with van der Waals surface area (Å²) < 4.78 is 22.1. The normalized spacial score (nSPS) is 12.9. The van der Waals surface area contributed by atoms with E-state index in [1.807, 2.05) is 13.8 Å². The molecule has 0 aliphatic carbocycles. The Bertz CT molecular complexity index is 1330. The van der Waals surface area contributed by atoms with Gasteiger partial charge in [-0.05, 0) is 36.6 Å². The van der Waals surface area contributed by atoms with E-state index in [1.54, 1.807) is 35.0 Å². The van der Waals surface area contributed by atoms with Crippen LogP contribution in [0.4, 0.5) is 10.2 Å². The molecule has 2 N–H and O–H groups in total. The molecule has 10 heteroatoms. The van der Waals surface area contributed by atoms with Gasteiger partial charge in [0.1, 0.15) is 17.3 Å². The number of nitrogens with zero attached hydrogens (tertiary/aromatic N) is 3. The number of halogens is 1. The molecule has 0 spiro atoms. The maximum absolute atomic E-state index is 14.5. The quantitative estimate of drug-likeness (QED) is 0.523. The standard InChI is InChI=1S/C26H28FN5O4/c1-15(2)14-32-10-7-18-20(26(32)35)11-16(24(33)29-23-8-9-31(4)30-23)12-22(18)36-17-5-6-19(21(27)13-17)25(34)28-3/h5-6,8-9,11-13,15H,7,10,14H2,1-4H3,(H,28,34)(H,29,30,33). The Balaban J connectivity index is 1.72. The predicted molar refractivity (Wildman–Crippen MR) is 132 cm³/mol. The number of aromatic nitrogens is 2. The molecule has 0 fully saturated rings. The second kappa shape index (κ2) is 10.2. The fraction of sp³-hybridized carbons (Fsp3) is 0.308. The zero-order valence-electron chi connectivity index (χ0n) is 20.6. The van der Waals surface area contributed by atoms with Crippen LogP contribution in [0, 0.1) is 11.7 Å². The number of hydrogen-bond acceptors (Lipinski definition) is 5. The molecule has 0 saturated heterocycles. The lowest BCUT2D eigenvalue weighted by molar-refractivity contribution is 0.0718. The van der Waals surface area contributed by atoms with Crippen molar-refractivity contribution in [1.29, 1.82) is 0 Å². The lowest BCUT2D eigenvalue weighted by Gasteiger charge is -2.31. The van der Waals surface area contributed by atoms with E-state index in [1.165, 1.54) is 25.2 Å². The van der Waals surface area contributed by atoms with Gasteiger partial charge in [0.25, 0.3) is 17.7 Å². The first-order valence-electron chi connectivity index (χ1n) is 11.6. The molecule has 0 saturated carbocycles. The van der Waals surface area contributed by atoms with Crippen LogP contribution in [-0.4, -0.2) is 52.5 Å². The zero-order valence-corrected chi connectivity index (χ0v) is 20.6. The number of carbonyl (C=O) groups is 3. The lowest BCUT2D eigenvalue weighted by Crippen LogP contribution is -2.40. The Kier molecular flexibility index (Phi) is 7.05. The third-order valence-electron chi connectivity index (χ3n) is 5.80. The summed E-state index contributed by atoms with van der Waals surface area (Å²) >= 11 is 0. The van der Waals surface area contributed by atoms with Crippen LogP contribution < -0.4 is 15.4 Å². The molecule has 1 aliphatic heterocycles. The Labute approximate surface area is 208 Å². The summed E-state index contributed by atoms with van der Waals surface area (Å²) in [5.74, 6) is -0.889. The minimum atomic E-state index is -0.746. The highest BCUT2D eigenvalue weighted by Gasteiger charge is 2.29. The van der Waals surface area contributed by atoms with E-state index in [2.05, 4.69) is 15.7 Å². The van der Waals surface area contributed by atoms with Gasteiger partial charge in [-0.1, -0.05) is 13.8 Å². The third kappa shape index (κ3) is 5.22. The van der Waals surface area contributed by atoms with Gasteiger partial charge >= 0.3 is 0 Å². The minimum absolute atomic E-state index is 0.116. The van der Waals surface area contributed by atoms with Crippen molar-refractivity contribution in [3.8, 4) is 11.5 Å². The molecule has 1 aliphatic rings. The van der Waals surface area contributed by atoms with Gasteiger partial charge in [0, 0.05) is 62.2 Å². The van der Waals surface area contributed by atoms with Crippen molar-refractivity contribution >= 4 is 23.5 Å². The van der Waals surface area contributed by atoms with Gasteiger partial charge in [0.15, 0.2) is 5.82 Å². The number of nitrogens with one attached hydrogen (secondary N) is 2. The number of rotatable bonds is 7. The Morgan fingerprint density at radius 1 is 1.17 bits per heavy atom. The van der Waals surface area contributed by atoms with E-state index in [4.69, 9.17) is 4.74 Å². The molecule has 188 valence electrons. The highest BCUT2D eigenvalue weighted by Crippen LogP contribution is 2.34. The van der Waals surface area contributed by atoms with Crippen molar-refractivity contribution in [3.63, 3.8) is 0 Å². The average molecular weight is 494 g/mol. The van der Waals surface area contributed by atoms with E-state index in [-0.39, 0.29) is 34.5 Å². The SMILES string of the molecule is CNC(=O)c1ccc(Oc2cc(C(=O)Nc3ccn(C)n3)cc3c2CCN(CC(C)C)C3=O)cc1F. The summed E-state index contributed by atoms with van der Waals surface area (Å²) in [6.07, 6.45) is 2.21. The fourth-order valence-corrected chi connectivity index (χ4v) is 4.13. The second-order valence-corrected chi connectivity index (χ2v) is 9.05. The van der Waals surface area contributed by atoms with Crippen molar-refractivity contribution in [2.45, 2.75) is 20.3 Å². The maximum Gasteiger partial charge on any atom is 0.257 e. The lowest BCUT2D eigenvalue weighted by atomic mass is 9.94. The van der Waals surface area contributed by atoms with E-state index in [0.29, 0.717) is 36.5 Å². The monoisotopic (exact) mass is 493 g/mol. The smallest absolute Gasteiger partial charge is 0.257 e. The van der Waals surface area contributed by atoms with Crippen LogP contribution in [0.15, 0.2) is 42.6 Å². The number of aryl methyl sites for hydroxylation is 1. The van der Waals surface area contributed by atoms with Crippen LogP contribution in [0.3, 0.4) is 0 Å². The number of fused-ring (bicyclic) bond motifs is 1. The third-order valence-corrected chi connectivity index (χ3v) is 5.80. The molecular formula is C26H28FN5O4. The summed E-state index contributed by atoms with van der Waals surface area (Å²) in [6, 6.07) is 8.64. The topological polar surface area (TPSA) is 106 Å². The molecule has 2 aromatic carbocycles. The highest BCUT2D eigenvalue weighted by molar-refractivity contribution is 6.07. The second-order valence-electron chi connectivity index (χ2n) is 9.05. The van der Waals surface area contributed by atoms with Gasteiger partial charge in [0.05, 0.1) is 5.56 Å². The molecule has 0 bridgehead atoms. The first-order valence-corrected chi connectivity index (χ1v) is 11.6. The van der Waals surface area contributed by atoms with Gasteiger partial charge in [-0.2, -0.15) is 5.10 Å². The number of hydrogen-bond donors (Lipinski definition) is 2. The van der Waals surface area contributed by atoms with Gasteiger partial charge in [-0.15, -0.1) is 0 Å². The van der Waals surface area contributed by atoms with Gasteiger partial charge in [-0.25, -0.2) is 4.39 Å². The number of carbonyl (C=O) groups excluding carboxylic acids is 3. The molecule has 1 aromatic heterocycles. The van der Waals surface area contributed by atoms with Crippen LogP contribution >= 0.6 is 0 Å².